The summed E-state index contributed by atoms with van der Waals surface area (Å²) in [5.74, 6) is -1.45. The van der Waals surface area contributed by atoms with Gasteiger partial charge in [0.1, 0.15) is 10.9 Å². The summed E-state index contributed by atoms with van der Waals surface area (Å²) >= 11 is 24.0. The number of rotatable bonds is 8. The normalized spacial score (nSPS) is 15.0. The Morgan fingerprint density at radius 1 is 1.02 bits per heavy atom. The Kier molecular flexibility index (Phi) is 12.0. The van der Waals surface area contributed by atoms with Gasteiger partial charge in [0.2, 0.25) is 10.0 Å². The molecule has 0 saturated carbocycles. The lowest BCUT2D eigenvalue weighted by molar-refractivity contribution is -0.137. The van der Waals surface area contributed by atoms with Crippen molar-refractivity contribution in [3.8, 4) is 5.69 Å². The fourth-order valence-electron chi connectivity index (χ4n) is 4.99. The van der Waals surface area contributed by atoms with Crippen molar-refractivity contribution in [2.24, 2.45) is 0 Å². The number of carbonyl (C=O) groups is 3. The van der Waals surface area contributed by atoms with Gasteiger partial charge in [-0.05, 0) is 81.5 Å². The van der Waals surface area contributed by atoms with Gasteiger partial charge in [0.25, 0.3) is 11.8 Å². The molecule has 0 atom stereocenters. The van der Waals surface area contributed by atoms with Crippen molar-refractivity contribution in [1.29, 1.82) is 0 Å². The predicted octanol–water partition coefficient (Wildman–Crippen LogP) is 6.64. The second-order valence-electron chi connectivity index (χ2n) is 10.6. The summed E-state index contributed by atoms with van der Waals surface area (Å²) in [6.45, 7) is 0.0273. The maximum atomic E-state index is 12.8. The summed E-state index contributed by atoms with van der Waals surface area (Å²) in [6.07, 6.45) is 5.35. The first-order chi connectivity index (χ1) is 22.9. The third-order valence-corrected chi connectivity index (χ3v) is 8.93. The van der Waals surface area contributed by atoms with Crippen LogP contribution in [-0.4, -0.2) is 53.4 Å². The van der Waals surface area contributed by atoms with E-state index in [0.717, 1.165) is 25.2 Å². The molecule has 0 saturated heterocycles. The molecule has 1 aliphatic carbocycles. The number of nitrogens with zero attached hydrogens (tertiary/aromatic N) is 4. The highest BCUT2D eigenvalue weighted by atomic mass is 35.5. The summed E-state index contributed by atoms with van der Waals surface area (Å²) in [6, 6.07) is 7.05. The number of imide groups is 1. The van der Waals surface area contributed by atoms with Crippen LogP contribution >= 0.6 is 46.4 Å². The van der Waals surface area contributed by atoms with Gasteiger partial charge in [-0.2, -0.15) is 13.5 Å². The first-order valence-electron chi connectivity index (χ1n) is 14.3. The standard InChI is InChI=1S/C19H17Cl2NO4.C11H10Cl2F2N4O3S/c1-2-26-19(25)16(21)10-11-9-12(7-8-15(11)20)22-17(23)13-5-3-4-6-14(13)18(22)24;1-5-16-19(11(20)18(5)10(14)15)9-4-8(17-23(2,21)22)6(12)3-7(9)13/h7-10H,2-6H2,1H3;3-4,10,17H,1-2H3/b16-10-;. The minimum Gasteiger partial charge on any atom is -0.462 e. The number of anilines is 2. The molecule has 19 heteroatoms. The summed E-state index contributed by atoms with van der Waals surface area (Å²) in [5, 5.41) is 3.83. The van der Waals surface area contributed by atoms with Gasteiger partial charge < -0.3 is 4.74 Å². The van der Waals surface area contributed by atoms with Gasteiger partial charge in [-0.3, -0.25) is 14.3 Å². The van der Waals surface area contributed by atoms with Crippen molar-refractivity contribution >= 4 is 91.7 Å². The molecular weight excluding hydrogens is 754 g/mol. The molecule has 0 bridgehead atoms. The third kappa shape index (κ3) is 8.52. The number of benzene rings is 2. The topological polar surface area (TPSA) is 150 Å². The zero-order chi connectivity index (χ0) is 36.4. The molecule has 0 unspecified atom stereocenters. The number of alkyl halides is 2. The number of hydrogen-bond donors (Lipinski definition) is 1. The molecule has 2 aliphatic rings. The molecule has 0 radical (unpaired) electrons. The largest absolute Gasteiger partial charge is 0.462 e. The molecular formula is C30H27Cl4F2N5O7S. The lowest BCUT2D eigenvalue weighted by Gasteiger charge is -2.16. The number of halogens is 6. The number of aromatic nitrogens is 3. The fourth-order valence-corrected chi connectivity index (χ4v) is 6.46. The van der Waals surface area contributed by atoms with Crippen molar-refractivity contribution in [1.82, 2.24) is 14.3 Å². The maximum Gasteiger partial charge on any atom is 0.355 e. The van der Waals surface area contributed by atoms with E-state index in [1.165, 1.54) is 24.0 Å². The van der Waals surface area contributed by atoms with E-state index in [9.17, 15) is 36.4 Å². The quantitative estimate of drug-likeness (QED) is 0.152. The lowest BCUT2D eigenvalue weighted by Crippen LogP contribution is -2.31. The van der Waals surface area contributed by atoms with Crippen LogP contribution in [0.2, 0.25) is 15.1 Å². The lowest BCUT2D eigenvalue weighted by atomic mass is 9.93. The van der Waals surface area contributed by atoms with Crippen molar-refractivity contribution < 1.29 is 36.3 Å². The molecule has 0 spiro atoms. The molecule has 49 heavy (non-hydrogen) atoms. The van der Waals surface area contributed by atoms with E-state index in [1.807, 2.05) is 0 Å². The van der Waals surface area contributed by atoms with E-state index < -0.39 is 28.2 Å². The van der Waals surface area contributed by atoms with E-state index >= 15 is 0 Å². The van der Waals surface area contributed by atoms with Crippen LogP contribution in [-0.2, 0) is 29.1 Å². The number of nitrogens with one attached hydrogen (secondary N) is 1. The van der Waals surface area contributed by atoms with Gasteiger partial charge in [0.15, 0.2) is 0 Å². The van der Waals surface area contributed by atoms with Crippen LogP contribution in [0.25, 0.3) is 11.8 Å². The molecule has 5 rings (SSSR count). The molecule has 1 aliphatic heterocycles. The summed E-state index contributed by atoms with van der Waals surface area (Å²) < 4.78 is 56.1. The monoisotopic (exact) mass is 779 g/mol. The van der Waals surface area contributed by atoms with E-state index in [1.54, 1.807) is 25.1 Å². The van der Waals surface area contributed by atoms with Gasteiger partial charge in [-0.15, -0.1) is 5.10 Å². The number of hydrogen-bond acceptors (Lipinski definition) is 8. The zero-order valence-electron chi connectivity index (χ0n) is 25.9. The van der Waals surface area contributed by atoms with Crippen LogP contribution in [0.15, 0.2) is 51.3 Å². The second-order valence-corrected chi connectivity index (χ2v) is 14.0. The zero-order valence-corrected chi connectivity index (χ0v) is 29.7. The van der Waals surface area contributed by atoms with Gasteiger partial charge in [-0.1, -0.05) is 46.4 Å². The molecule has 1 aromatic heterocycles. The number of esters is 1. The number of ether oxygens (including phenoxy) is 1. The molecule has 0 fully saturated rings. The van der Waals surface area contributed by atoms with E-state index in [-0.39, 0.29) is 55.3 Å². The highest BCUT2D eigenvalue weighted by Gasteiger charge is 2.39. The maximum absolute atomic E-state index is 12.8. The summed E-state index contributed by atoms with van der Waals surface area (Å²) in [7, 11) is -3.65. The molecule has 12 nitrogen and oxygen atoms in total. The van der Waals surface area contributed by atoms with Crippen LogP contribution in [0.3, 0.4) is 0 Å². The number of carbonyl (C=O) groups excluding carboxylic acids is 3. The summed E-state index contributed by atoms with van der Waals surface area (Å²) in [5.41, 5.74) is 0.772. The average Bonchev–Trinajstić information content (AvgIpc) is 3.46. The van der Waals surface area contributed by atoms with E-state index in [2.05, 4.69) is 9.82 Å². The van der Waals surface area contributed by atoms with E-state index in [0.29, 0.717) is 44.9 Å². The third-order valence-electron chi connectivity index (χ3n) is 7.12. The number of aryl methyl sites for hydroxylation is 1. The molecule has 3 aromatic rings. The number of amides is 2. The van der Waals surface area contributed by atoms with Crippen LogP contribution in [0.4, 0.5) is 20.2 Å². The van der Waals surface area contributed by atoms with Crippen LogP contribution in [0.5, 0.6) is 0 Å². The van der Waals surface area contributed by atoms with Gasteiger partial charge >= 0.3 is 18.2 Å². The van der Waals surface area contributed by atoms with Crippen LogP contribution in [0.1, 0.15) is 50.5 Å². The molecule has 2 amide bonds. The second kappa shape index (κ2) is 15.4. The highest BCUT2D eigenvalue weighted by Crippen LogP contribution is 2.37. The highest BCUT2D eigenvalue weighted by molar-refractivity contribution is 7.92. The Balaban J connectivity index is 0.000000223. The average molecular weight is 781 g/mol. The first-order valence-corrected chi connectivity index (χ1v) is 17.7. The molecule has 2 heterocycles. The van der Waals surface area contributed by atoms with Crippen molar-refractivity contribution in [3.63, 3.8) is 0 Å². The number of sulfonamides is 1. The van der Waals surface area contributed by atoms with Gasteiger partial charge in [0, 0.05) is 16.2 Å². The van der Waals surface area contributed by atoms with Crippen LogP contribution < -0.4 is 15.3 Å². The Labute approximate surface area is 298 Å². The minimum atomic E-state index is -3.65. The SMILES string of the molecule is CCOC(=O)/C(Cl)=C/c1cc(N2C(=O)C3=C(CCCC3)C2=O)ccc1Cl.Cc1nn(-c2cc(NS(C)(=O)=O)c(Cl)cc2Cl)c(=O)n1C(F)F. The van der Waals surface area contributed by atoms with Crippen LogP contribution in [0, 0.1) is 6.92 Å². The van der Waals surface area contributed by atoms with Gasteiger partial charge in [0.05, 0.1) is 40.0 Å². The smallest absolute Gasteiger partial charge is 0.355 e. The molecule has 1 N–H and O–H groups in total. The Morgan fingerprint density at radius 2 is 1.63 bits per heavy atom. The molecule has 2 aromatic carbocycles. The van der Waals surface area contributed by atoms with Crippen molar-refractivity contribution in [2.75, 3.05) is 22.5 Å². The predicted molar refractivity (Wildman–Crippen MR) is 182 cm³/mol. The first kappa shape index (κ1) is 38.0. The molecule has 262 valence electrons. The Hall–Kier alpha value is -3.76. The van der Waals surface area contributed by atoms with Crippen molar-refractivity contribution in [2.45, 2.75) is 46.1 Å². The fraction of sp³-hybridized carbons (Fsp3) is 0.300. The van der Waals surface area contributed by atoms with Crippen molar-refractivity contribution in [3.05, 3.63) is 83.5 Å². The van der Waals surface area contributed by atoms with Gasteiger partial charge in [-0.25, -0.2) is 27.5 Å². The Bertz CT molecular complexity index is 2050. The minimum absolute atomic E-state index is 0.0257. The Morgan fingerprint density at radius 3 is 2.16 bits per heavy atom. The van der Waals surface area contributed by atoms with E-state index in [4.69, 9.17) is 51.1 Å². The summed E-state index contributed by atoms with van der Waals surface area (Å²) in [4.78, 5) is 50.2.